The molecule has 0 amide bonds. The molecule has 3 N–H and O–H groups in total. The second-order valence-electron chi connectivity index (χ2n) is 3.80. The lowest BCUT2D eigenvalue weighted by Crippen LogP contribution is -2.22. The van der Waals surface area contributed by atoms with Gasteiger partial charge < -0.3 is 10.2 Å². The van der Waals surface area contributed by atoms with Gasteiger partial charge >= 0.3 is 5.97 Å². The van der Waals surface area contributed by atoms with Crippen molar-refractivity contribution in [2.45, 2.75) is 0 Å². The van der Waals surface area contributed by atoms with E-state index in [1.54, 1.807) is 0 Å². The molecule has 0 saturated carbocycles. The predicted octanol–water partition coefficient (Wildman–Crippen LogP) is -0.166. The van der Waals surface area contributed by atoms with Gasteiger partial charge in [0.15, 0.2) is 14.9 Å². The van der Waals surface area contributed by atoms with Crippen LogP contribution >= 0.6 is 0 Å². The number of hydrogen-bond donors (Lipinski definition) is 3. The topological polar surface area (TPSA) is 138 Å². The number of nitrogens with one attached hydrogen (secondary N) is 1. The fourth-order valence-electron chi connectivity index (χ4n) is 1.23. The summed E-state index contributed by atoms with van der Waals surface area (Å²) in [5, 5.41) is 17.0. The zero-order chi connectivity index (χ0) is 14.8. The summed E-state index contributed by atoms with van der Waals surface area (Å²) in [5.74, 6) is -1.83. The third-order valence-corrected chi connectivity index (χ3v) is 5.36. The second kappa shape index (κ2) is 5.05. The molecule has 0 spiro atoms. The molecule has 0 aromatic heterocycles. The Labute approximate surface area is 109 Å². The molecule has 0 atom stereocenters. The van der Waals surface area contributed by atoms with Crippen LogP contribution in [0.2, 0.25) is 0 Å². The van der Waals surface area contributed by atoms with Crippen LogP contribution in [0.3, 0.4) is 0 Å². The molecule has 1 aromatic carbocycles. The summed E-state index contributed by atoms with van der Waals surface area (Å²) < 4.78 is 46.7. The average Bonchev–Trinajstić information content (AvgIpc) is 2.16. The summed E-state index contributed by atoms with van der Waals surface area (Å²) in [6.07, 6.45) is 0.736. The van der Waals surface area contributed by atoms with Gasteiger partial charge in [0, 0.05) is 6.26 Å². The highest BCUT2D eigenvalue weighted by atomic mass is 32.3. The number of rotatable bonds is 5. The number of sulfone groups is 1. The third kappa shape index (κ3) is 4.75. The highest BCUT2D eigenvalue weighted by Gasteiger charge is 2.20. The molecule has 106 valence electrons. The van der Waals surface area contributed by atoms with Crippen LogP contribution in [0.4, 0.5) is 5.69 Å². The van der Waals surface area contributed by atoms with Crippen LogP contribution in [0.1, 0.15) is 10.4 Å². The van der Waals surface area contributed by atoms with Gasteiger partial charge in [0.25, 0.3) is 0 Å². The number of benzene rings is 1. The molecule has 0 heterocycles. The fourth-order valence-corrected chi connectivity index (χ4v) is 4.22. The highest BCUT2D eigenvalue weighted by molar-refractivity contribution is 8.08. The van der Waals surface area contributed by atoms with Crippen LogP contribution in [-0.4, -0.2) is 44.4 Å². The van der Waals surface area contributed by atoms with Gasteiger partial charge in [0.2, 0.25) is 10.0 Å². The minimum Gasteiger partial charge on any atom is -0.506 e. The Morgan fingerprint density at radius 3 is 2.32 bits per heavy atom. The molecule has 0 fully saturated rings. The largest absolute Gasteiger partial charge is 0.506 e. The van der Waals surface area contributed by atoms with Crippen LogP contribution < -0.4 is 4.72 Å². The lowest BCUT2D eigenvalue weighted by molar-refractivity contribution is 0.0697. The Bertz CT molecular complexity index is 706. The average molecular weight is 309 g/mol. The predicted molar refractivity (Wildman–Crippen MR) is 67.3 cm³/mol. The molecular formula is C9H11NO7S2. The Morgan fingerprint density at radius 2 is 1.84 bits per heavy atom. The van der Waals surface area contributed by atoms with Crippen LogP contribution in [0.15, 0.2) is 18.2 Å². The Hall–Kier alpha value is -1.81. The fraction of sp³-hybridized carbons (Fsp3) is 0.222. The third-order valence-electron chi connectivity index (χ3n) is 1.88. The van der Waals surface area contributed by atoms with Gasteiger partial charge in [-0.3, -0.25) is 4.72 Å². The summed E-state index contributed by atoms with van der Waals surface area (Å²) >= 11 is 0. The smallest absolute Gasteiger partial charge is 0.335 e. The number of phenolic OH excluding ortho intramolecular Hbond substituents is 1. The molecular weight excluding hydrogens is 298 g/mol. The second-order valence-corrected chi connectivity index (χ2v) is 8.03. The molecule has 0 unspecified atom stereocenters. The Morgan fingerprint density at radius 1 is 1.26 bits per heavy atom. The van der Waals surface area contributed by atoms with Crippen LogP contribution in [0.5, 0.6) is 5.75 Å². The molecule has 0 aliphatic carbocycles. The number of carboxylic acids is 1. The number of aromatic hydroxyl groups is 1. The van der Waals surface area contributed by atoms with E-state index in [9.17, 15) is 26.7 Å². The van der Waals surface area contributed by atoms with Gasteiger partial charge in [-0.05, 0) is 18.2 Å². The Kier molecular flexibility index (Phi) is 4.06. The van der Waals surface area contributed by atoms with Crippen molar-refractivity contribution in [2.75, 3.05) is 16.1 Å². The number of hydrogen-bond acceptors (Lipinski definition) is 6. The number of anilines is 1. The monoisotopic (exact) mass is 309 g/mol. The van der Waals surface area contributed by atoms with E-state index in [0.717, 1.165) is 24.5 Å². The Balaban J connectivity index is 3.12. The van der Waals surface area contributed by atoms with Gasteiger partial charge in [-0.2, -0.15) is 0 Å². The maximum Gasteiger partial charge on any atom is 0.335 e. The standard InChI is InChI=1S/C9H11NO7S2/c1-18(14,15)5-19(16,17)10-7-4-6(9(12)13)2-3-8(7)11/h2-4,10-11H,5H2,1H3,(H,12,13). The van der Waals surface area contributed by atoms with Crippen molar-refractivity contribution in [3.05, 3.63) is 23.8 Å². The maximum atomic E-state index is 11.5. The van der Waals surface area contributed by atoms with E-state index >= 15 is 0 Å². The van der Waals surface area contributed by atoms with Crippen LogP contribution in [0.25, 0.3) is 0 Å². The number of sulfonamides is 1. The number of phenols is 1. The van der Waals surface area contributed by atoms with Crippen molar-refractivity contribution >= 4 is 31.5 Å². The molecule has 0 radical (unpaired) electrons. The molecule has 19 heavy (non-hydrogen) atoms. The minimum atomic E-state index is -4.25. The quantitative estimate of drug-likeness (QED) is 0.642. The zero-order valence-corrected chi connectivity index (χ0v) is 11.3. The summed E-state index contributed by atoms with van der Waals surface area (Å²) in [7, 11) is -8.04. The van der Waals surface area contributed by atoms with Gasteiger partial charge in [0.1, 0.15) is 5.75 Å². The van der Waals surface area contributed by atoms with E-state index in [1.807, 2.05) is 4.72 Å². The van der Waals surface area contributed by atoms with Crippen molar-refractivity contribution < 1.29 is 31.8 Å². The molecule has 0 aliphatic rings. The van der Waals surface area contributed by atoms with Gasteiger partial charge in [0.05, 0.1) is 11.3 Å². The molecule has 0 bridgehead atoms. The minimum absolute atomic E-state index is 0.255. The molecule has 8 nitrogen and oxygen atoms in total. The lowest BCUT2D eigenvalue weighted by Gasteiger charge is -2.09. The first-order valence-corrected chi connectivity index (χ1v) is 8.46. The van der Waals surface area contributed by atoms with Gasteiger partial charge in [-0.1, -0.05) is 0 Å². The van der Waals surface area contributed by atoms with E-state index in [4.69, 9.17) is 5.11 Å². The van der Waals surface area contributed by atoms with Crippen molar-refractivity contribution in [1.82, 2.24) is 0 Å². The van der Waals surface area contributed by atoms with Crippen molar-refractivity contribution in [3.63, 3.8) is 0 Å². The number of aromatic carboxylic acids is 1. The molecule has 0 aliphatic heterocycles. The zero-order valence-electron chi connectivity index (χ0n) is 9.69. The maximum absolute atomic E-state index is 11.5. The number of carbonyl (C=O) groups is 1. The van der Waals surface area contributed by atoms with E-state index in [2.05, 4.69) is 0 Å². The van der Waals surface area contributed by atoms with Gasteiger partial charge in [-0.25, -0.2) is 21.6 Å². The SMILES string of the molecule is CS(=O)(=O)CS(=O)(=O)Nc1cc(C(=O)O)ccc1O. The molecule has 1 aromatic rings. The van der Waals surface area contributed by atoms with E-state index in [-0.39, 0.29) is 5.56 Å². The normalized spacial score (nSPS) is 12.1. The van der Waals surface area contributed by atoms with Crippen LogP contribution in [0, 0.1) is 0 Å². The molecule has 1 rings (SSSR count). The van der Waals surface area contributed by atoms with Gasteiger partial charge in [-0.15, -0.1) is 0 Å². The van der Waals surface area contributed by atoms with E-state index in [1.165, 1.54) is 0 Å². The first-order valence-electron chi connectivity index (χ1n) is 4.75. The molecule has 10 heteroatoms. The summed E-state index contributed by atoms with van der Waals surface area (Å²) in [6.45, 7) is 0. The summed E-state index contributed by atoms with van der Waals surface area (Å²) in [4.78, 5) is 10.7. The lowest BCUT2D eigenvalue weighted by atomic mass is 10.2. The van der Waals surface area contributed by atoms with Crippen LogP contribution in [-0.2, 0) is 19.9 Å². The van der Waals surface area contributed by atoms with E-state index in [0.29, 0.717) is 0 Å². The van der Waals surface area contributed by atoms with Crippen molar-refractivity contribution in [3.8, 4) is 5.75 Å². The van der Waals surface area contributed by atoms with Crippen molar-refractivity contribution in [1.29, 1.82) is 0 Å². The highest BCUT2D eigenvalue weighted by Crippen LogP contribution is 2.25. The van der Waals surface area contributed by atoms with E-state index < -0.39 is 42.4 Å². The first-order chi connectivity index (χ1) is 8.50. The summed E-state index contributed by atoms with van der Waals surface area (Å²) in [5.41, 5.74) is -0.654. The molecule has 0 saturated heterocycles. The first kappa shape index (κ1) is 15.2. The number of carboxylic acid groups (broad SMARTS) is 1. The summed E-state index contributed by atoms with van der Waals surface area (Å²) in [6, 6.07) is 2.95. The van der Waals surface area contributed by atoms with Crippen molar-refractivity contribution in [2.24, 2.45) is 0 Å².